The number of amides is 1. The van der Waals surface area contributed by atoms with Crippen molar-refractivity contribution < 1.29 is 35.8 Å². The largest absolute Gasteiger partial charge is 1.00 e. The average molecular weight is 411 g/mol. The van der Waals surface area contributed by atoms with E-state index >= 15 is 0 Å². The molecular formula is C19H27BrN2O3. The molecule has 2 unspecified atom stereocenters. The second-order valence-electron chi connectivity index (χ2n) is 6.72. The van der Waals surface area contributed by atoms with Crippen LogP contribution in [0.3, 0.4) is 0 Å². The van der Waals surface area contributed by atoms with Crippen LogP contribution in [0.4, 0.5) is 0 Å². The lowest BCUT2D eigenvalue weighted by Crippen LogP contribution is -3.00. The summed E-state index contributed by atoms with van der Waals surface area (Å²) >= 11 is 0. The van der Waals surface area contributed by atoms with Gasteiger partial charge in [0.05, 0.1) is 26.1 Å². The summed E-state index contributed by atoms with van der Waals surface area (Å²) in [7, 11) is 3.32. The minimum atomic E-state index is -0.251. The van der Waals surface area contributed by atoms with Gasteiger partial charge in [-0.05, 0) is 18.1 Å². The van der Waals surface area contributed by atoms with Gasteiger partial charge in [0.25, 0.3) is 0 Å². The molecule has 2 N–H and O–H groups in total. The SMILES string of the molecule is COc1ccc2c(c1OC)CCC(=[N+]1CCCC1)C2C(C)C(N)=O.[Br-]. The van der Waals surface area contributed by atoms with Crippen molar-refractivity contribution >= 4 is 11.6 Å². The zero-order valence-electron chi connectivity index (χ0n) is 15.2. The second kappa shape index (κ2) is 8.21. The van der Waals surface area contributed by atoms with Crippen LogP contribution in [0.5, 0.6) is 11.5 Å². The van der Waals surface area contributed by atoms with Gasteiger partial charge < -0.3 is 32.2 Å². The normalized spacial score (nSPS) is 20.5. The molecule has 1 saturated heterocycles. The summed E-state index contributed by atoms with van der Waals surface area (Å²) in [5, 5.41) is 0. The third-order valence-electron chi connectivity index (χ3n) is 5.47. The maximum absolute atomic E-state index is 12.0. The highest BCUT2D eigenvalue weighted by Crippen LogP contribution is 2.43. The highest BCUT2D eigenvalue weighted by atomic mass is 79.9. The fraction of sp³-hybridized carbons (Fsp3) is 0.579. The van der Waals surface area contributed by atoms with Gasteiger partial charge in [-0.2, -0.15) is 0 Å². The van der Waals surface area contributed by atoms with Crippen molar-refractivity contribution in [1.29, 1.82) is 0 Å². The van der Waals surface area contributed by atoms with Crippen molar-refractivity contribution in [2.45, 2.75) is 38.5 Å². The number of ether oxygens (including phenoxy) is 2. The van der Waals surface area contributed by atoms with Crippen LogP contribution in [0.2, 0.25) is 0 Å². The molecule has 0 bridgehead atoms. The molecule has 25 heavy (non-hydrogen) atoms. The van der Waals surface area contributed by atoms with Gasteiger partial charge in [-0.15, -0.1) is 0 Å². The Morgan fingerprint density at radius 1 is 1.20 bits per heavy atom. The Hall–Kier alpha value is -1.56. The number of methoxy groups -OCH3 is 2. The van der Waals surface area contributed by atoms with Crippen LogP contribution in [-0.2, 0) is 11.2 Å². The molecule has 1 heterocycles. The Morgan fingerprint density at radius 2 is 1.88 bits per heavy atom. The molecule has 2 aliphatic rings. The van der Waals surface area contributed by atoms with Crippen molar-refractivity contribution in [3.05, 3.63) is 23.3 Å². The first-order valence-corrected chi connectivity index (χ1v) is 8.72. The summed E-state index contributed by atoms with van der Waals surface area (Å²) in [4.78, 5) is 12.0. The van der Waals surface area contributed by atoms with Crippen LogP contribution in [0.25, 0.3) is 0 Å². The number of fused-ring (bicyclic) bond motifs is 1. The number of benzene rings is 1. The third-order valence-corrected chi connectivity index (χ3v) is 5.47. The molecule has 6 heteroatoms. The number of hydrogen-bond acceptors (Lipinski definition) is 3. The summed E-state index contributed by atoms with van der Waals surface area (Å²) in [6, 6.07) is 4.02. The first kappa shape index (κ1) is 19.8. The van der Waals surface area contributed by atoms with E-state index in [2.05, 4.69) is 10.6 Å². The first-order valence-electron chi connectivity index (χ1n) is 8.72. The van der Waals surface area contributed by atoms with E-state index in [4.69, 9.17) is 15.2 Å². The van der Waals surface area contributed by atoms with Gasteiger partial charge in [-0.3, -0.25) is 4.79 Å². The van der Waals surface area contributed by atoms with Crippen LogP contribution in [0.15, 0.2) is 12.1 Å². The molecule has 1 fully saturated rings. The Bertz CT molecular complexity index is 679. The van der Waals surface area contributed by atoms with E-state index in [1.54, 1.807) is 14.2 Å². The molecule has 5 nitrogen and oxygen atoms in total. The summed E-state index contributed by atoms with van der Waals surface area (Å²) in [5.74, 6) is 1.07. The Kier molecular flexibility index (Phi) is 6.49. The van der Waals surface area contributed by atoms with E-state index in [0.717, 1.165) is 48.6 Å². The topological polar surface area (TPSA) is 64.6 Å². The maximum Gasteiger partial charge on any atom is 0.221 e. The predicted molar refractivity (Wildman–Crippen MR) is 93.2 cm³/mol. The molecule has 1 aromatic carbocycles. The number of carbonyl (C=O) groups is 1. The zero-order chi connectivity index (χ0) is 17.3. The fourth-order valence-electron chi connectivity index (χ4n) is 4.22. The average Bonchev–Trinajstić information content (AvgIpc) is 3.13. The lowest BCUT2D eigenvalue weighted by molar-refractivity contribution is -0.509. The quantitative estimate of drug-likeness (QED) is 0.654. The van der Waals surface area contributed by atoms with Crippen molar-refractivity contribution in [3.63, 3.8) is 0 Å². The fourth-order valence-corrected chi connectivity index (χ4v) is 4.22. The molecule has 138 valence electrons. The van der Waals surface area contributed by atoms with Crippen LogP contribution in [0, 0.1) is 5.92 Å². The molecule has 1 amide bonds. The van der Waals surface area contributed by atoms with Crippen LogP contribution in [0.1, 0.15) is 43.2 Å². The smallest absolute Gasteiger partial charge is 0.221 e. The maximum atomic E-state index is 12.0. The van der Waals surface area contributed by atoms with E-state index < -0.39 is 0 Å². The third kappa shape index (κ3) is 3.54. The van der Waals surface area contributed by atoms with E-state index in [0.29, 0.717) is 0 Å². The molecule has 1 aliphatic heterocycles. The standard InChI is InChI=1S/C19H26N2O3.BrH/c1-12(19(20)22)17-13-7-9-16(23-2)18(24-3)14(13)6-8-15(17)21-10-4-5-11-21;/h7,9,12,17H,4-6,8,10-11H2,1-3H3,(H-,20,22);1H. The Morgan fingerprint density at radius 3 is 2.44 bits per heavy atom. The zero-order valence-corrected chi connectivity index (χ0v) is 16.8. The molecule has 1 aliphatic carbocycles. The van der Waals surface area contributed by atoms with Crippen molar-refractivity contribution in [2.24, 2.45) is 11.7 Å². The minimum absolute atomic E-state index is 0. The van der Waals surface area contributed by atoms with Gasteiger partial charge >= 0.3 is 0 Å². The van der Waals surface area contributed by atoms with Crippen LogP contribution >= 0.6 is 0 Å². The number of halogens is 1. The van der Waals surface area contributed by atoms with E-state index in [9.17, 15) is 4.79 Å². The molecule has 1 aromatic rings. The number of nitrogens with zero attached hydrogens (tertiary/aromatic N) is 1. The summed E-state index contributed by atoms with van der Waals surface area (Å²) in [6.45, 7) is 4.11. The Labute approximate surface area is 160 Å². The highest BCUT2D eigenvalue weighted by Gasteiger charge is 2.40. The van der Waals surface area contributed by atoms with E-state index in [1.165, 1.54) is 18.6 Å². The summed E-state index contributed by atoms with van der Waals surface area (Å²) in [5.41, 5.74) is 9.35. The van der Waals surface area contributed by atoms with Crippen molar-refractivity contribution in [1.82, 2.24) is 0 Å². The number of primary amides is 1. The van der Waals surface area contributed by atoms with Gasteiger partial charge in [-0.25, -0.2) is 4.58 Å². The predicted octanol–water partition coefficient (Wildman–Crippen LogP) is -0.894. The molecular weight excluding hydrogens is 384 g/mol. The second-order valence-corrected chi connectivity index (χ2v) is 6.72. The minimum Gasteiger partial charge on any atom is -1.00 e. The molecule has 3 rings (SSSR count). The highest BCUT2D eigenvalue weighted by molar-refractivity contribution is 5.94. The summed E-state index contributed by atoms with van der Waals surface area (Å²) < 4.78 is 13.5. The molecule has 0 aromatic heterocycles. The van der Waals surface area contributed by atoms with E-state index in [1.807, 2.05) is 13.0 Å². The lowest BCUT2D eigenvalue weighted by Gasteiger charge is -2.30. The van der Waals surface area contributed by atoms with Crippen LogP contribution in [-0.4, -0.2) is 43.5 Å². The Balaban J connectivity index is 0.00000225. The summed E-state index contributed by atoms with van der Waals surface area (Å²) in [6.07, 6.45) is 4.29. The molecule has 0 spiro atoms. The van der Waals surface area contributed by atoms with Gasteiger partial charge in [0, 0.05) is 24.8 Å². The molecule has 2 atom stereocenters. The van der Waals surface area contributed by atoms with Crippen LogP contribution < -0.4 is 32.2 Å². The number of carbonyl (C=O) groups excluding carboxylic acids is 1. The number of rotatable bonds is 4. The number of nitrogens with two attached hydrogens (primary N) is 1. The monoisotopic (exact) mass is 410 g/mol. The van der Waals surface area contributed by atoms with Crippen molar-refractivity contribution in [2.75, 3.05) is 27.3 Å². The van der Waals surface area contributed by atoms with Gasteiger partial charge in [0.15, 0.2) is 17.2 Å². The van der Waals surface area contributed by atoms with Gasteiger partial charge in [0.2, 0.25) is 5.91 Å². The van der Waals surface area contributed by atoms with E-state index in [-0.39, 0.29) is 34.7 Å². The van der Waals surface area contributed by atoms with Gasteiger partial charge in [-0.1, -0.05) is 13.0 Å². The van der Waals surface area contributed by atoms with Crippen molar-refractivity contribution in [3.8, 4) is 11.5 Å². The molecule has 0 radical (unpaired) electrons. The lowest BCUT2D eigenvalue weighted by atomic mass is 9.74. The van der Waals surface area contributed by atoms with Gasteiger partial charge in [0.1, 0.15) is 13.1 Å². The first-order chi connectivity index (χ1) is 11.6. The number of hydrogen-bond donors (Lipinski definition) is 1. The molecule has 0 saturated carbocycles.